The molecule has 1 rings (SSSR count). The maximum atomic E-state index is 10.3. The van der Waals surface area contributed by atoms with E-state index in [0.29, 0.717) is 0 Å². The first kappa shape index (κ1) is 8.30. The van der Waals surface area contributed by atoms with Gasteiger partial charge in [0.25, 0.3) is 5.70 Å². The Balaban J connectivity index is 2.98. The van der Waals surface area contributed by atoms with Gasteiger partial charge in [-0.1, -0.05) is 6.08 Å². The van der Waals surface area contributed by atoms with E-state index >= 15 is 0 Å². The Morgan fingerprint density at radius 3 is 3.08 bits per heavy atom. The molecular weight excluding hydrogens is 158 g/mol. The third-order valence-corrected chi connectivity index (χ3v) is 1.32. The van der Waals surface area contributed by atoms with E-state index in [2.05, 4.69) is 5.73 Å². The van der Waals surface area contributed by atoms with Crippen LogP contribution in [0.15, 0.2) is 41.5 Å². The monoisotopic (exact) mass is 165 g/mol. The fourth-order valence-electron chi connectivity index (χ4n) is 0.756. The Morgan fingerprint density at radius 1 is 1.67 bits per heavy atom. The van der Waals surface area contributed by atoms with Gasteiger partial charge in [0.05, 0.1) is 11.3 Å². The summed E-state index contributed by atoms with van der Waals surface area (Å²) in [5, 5.41) is 19.2. The smallest absolute Gasteiger partial charge is 0.292 e. The Morgan fingerprint density at radius 2 is 2.42 bits per heavy atom. The lowest BCUT2D eigenvalue weighted by molar-refractivity contribution is -0.426. The van der Waals surface area contributed by atoms with Crippen LogP contribution in [0.25, 0.3) is 0 Å². The van der Waals surface area contributed by atoms with Crippen molar-refractivity contribution < 1.29 is 10.0 Å². The van der Waals surface area contributed by atoms with Crippen LogP contribution < -0.4 is 0 Å². The van der Waals surface area contributed by atoms with Gasteiger partial charge in [-0.2, -0.15) is 0 Å². The van der Waals surface area contributed by atoms with Crippen LogP contribution in [0, 0.1) is 10.1 Å². The van der Waals surface area contributed by atoms with Gasteiger partial charge in [-0.15, -0.1) is 0 Å². The van der Waals surface area contributed by atoms with Crippen molar-refractivity contribution >= 4 is 0 Å². The molecule has 0 aromatic rings. The van der Waals surface area contributed by atoms with E-state index in [1.165, 1.54) is 24.3 Å². The molecule has 0 aromatic heterocycles. The van der Waals surface area contributed by atoms with Crippen LogP contribution in [0.5, 0.6) is 0 Å². The van der Waals surface area contributed by atoms with Gasteiger partial charge in [-0.05, 0) is 24.0 Å². The van der Waals surface area contributed by atoms with Crippen LogP contribution in [0.1, 0.15) is 6.42 Å². The molecule has 12 heavy (non-hydrogen) atoms. The van der Waals surface area contributed by atoms with Gasteiger partial charge in [0.15, 0.2) is 0 Å². The van der Waals surface area contributed by atoms with Gasteiger partial charge in [0, 0.05) is 0 Å². The Hall–Kier alpha value is -1.80. The van der Waals surface area contributed by atoms with Crippen LogP contribution in [0.4, 0.5) is 0 Å². The molecule has 1 aliphatic rings. The van der Waals surface area contributed by atoms with Crippen molar-refractivity contribution in [2.24, 2.45) is 0 Å². The van der Waals surface area contributed by atoms with Gasteiger partial charge in [0.1, 0.15) is 5.76 Å². The molecule has 62 valence electrons. The van der Waals surface area contributed by atoms with E-state index in [4.69, 9.17) is 5.11 Å². The highest BCUT2D eigenvalue weighted by molar-refractivity contribution is 5.21. The lowest BCUT2D eigenvalue weighted by Crippen LogP contribution is -1.96. The summed E-state index contributed by atoms with van der Waals surface area (Å²) in [5.74, 6) is 0.0740. The molecule has 0 bridgehead atoms. The predicted molar refractivity (Wildman–Crippen MR) is 43.1 cm³/mol. The molecule has 4 nitrogen and oxygen atoms in total. The normalized spacial score (nSPS) is 23.0. The molecule has 0 aliphatic heterocycles. The fourth-order valence-corrected chi connectivity index (χ4v) is 0.756. The van der Waals surface area contributed by atoms with E-state index in [9.17, 15) is 10.1 Å². The lowest BCUT2D eigenvalue weighted by Gasteiger charge is -1.92. The van der Waals surface area contributed by atoms with Crippen LogP contribution in [-0.2, 0) is 0 Å². The standard InChI is InChI=1S/C8H7NO3/c10-8-5-1-3-7(9(11)12)4-2-6-8/h1-2,5-6,10H,3H2/b5-1-,8-6+. The first-order valence-electron chi connectivity index (χ1n) is 3.36. The number of nitrogens with zero attached hydrogens (tertiary/aromatic N) is 1. The quantitative estimate of drug-likeness (QED) is 0.365. The Labute approximate surface area is 69.0 Å². The summed E-state index contributed by atoms with van der Waals surface area (Å²) in [6.07, 6.45) is 5.79. The Kier molecular flexibility index (Phi) is 2.46. The minimum atomic E-state index is -0.489. The summed E-state index contributed by atoms with van der Waals surface area (Å²) in [6, 6.07) is 0. The zero-order valence-electron chi connectivity index (χ0n) is 6.23. The van der Waals surface area contributed by atoms with Gasteiger partial charge in [0.2, 0.25) is 0 Å². The van der Waals surface area contributed by atoms with Gasteiger partial charge in [-0.3, -0.25) is 10.1 Å². The summed E-state index contributed by atoms with van der Waals surface area (Å²) >= 11 is 0. The van der Waals surface area contributed by atoms with Crippen LogP contribution in [0.3, 0.4) is 0 Å². The molecule has 0 radical (unpaired) electrons. The Bertz CT molecular complexity index is 319. The minimum absolute atomic E-state index is 0.00463. The number of allylic oxidation sites excluding steroid dienone is 3. The first-order valence-corrected chi connectivity index (χ1v) is 3.36. The molecule has 0 heterocycles. The molecular formula is C8H7NO3. The topological polar surface area (TPSA) is 63.4 Å². The summed E-state index contributed by atoms with van der Waals surface area (Å²) in [6.45, 7) is 0. The van der Waals surface area contributed by atoms with E-state index in [-0.39, 0.29) is 17.9 Å². The highest BCUT2D eigenvalue weighted by atomic mass is 16.6. The van der Waals surface area contributed by atoms with E-state index in [1.807, 2.05) is 0 Å². The molecule has 0 aromatic carbocycles. The molecule has 0 saturated heterocycles. The second kappa shape index (κ2) is 3.55. The van der Waals surface area contributed by atoms with Gasteiger partial charge < -0.3 is 5.11 Å². The van der Waals surface area contributed by atoms with Crippen LogP contribution >= 0.6 is 0 Å². The zero-order chi connectivity index (χ0) is 8.97. The summed E-state index contributed by atoms with van der Waals surface area (Å²) in [7, 11) is 0. The second-order valence-corrected chi connectivity index (χ2v) is 2.21. The number of hydrogen-bond acceptors (Lipinski definition) is 3. The van der Waals surface area contributed by atoms with E-state index in [1.54, 1.807) is 0 Å². The molecule has 0 unspecified atom stereocenters. The van der Waals surface area contributed by atoms with Gasteiger partial charge in [-0.25, -0.2) is 0 Å². The average molecular weight is 165 g/mol. The van der Waals surface area contributed by atoms with Crippen LogP contribution in [0.2, 0.25) is 0 Å². The molecule has 0 spiro atoms. The largest absolute Gasteiger partial charge is 0.508 e. The number of nitro groups is 1. The van der Waals surface area contributed by atoms with E-state index in [0.717, 1.165) is 0 Å². The molecule has 0 fully saturated rings. The highest BCUT2D eigenvalue weighted by Crippen LogP contribution is 2.05. The maximum Gasteiger partial charge on any atom is 0.292 e. The number of hydrogen-bond donors (Lipinski definition) is 1. The molecule has 4 heteroatoms. The molecule has 0 amide bonds. The van der Waals surface area contributed by atoms with Crippen molar-refractivity contribution in [3.05, 3.63) is 51.6 Å². The summed E-state index contributed by atoms with van der Waals surface area (Å²) in [5.41, 5.74) is 2.45. The number of aliphatic hydroxyl groups excluding tert-OH is 1. The number of aliphatic hydroxyl groups is 1. The SMILES string of the molecule is O=[N+]([O-])C1=C=C/C=C(O)\C=C/C1. The van der Waals surface area contributed by atoms with Crippen molar-refractivity contribution in [2.75, 3.05) is 0 Å². The third kappa shape index (κ3) is 2.11. The summed E-state index contributed by atoms with van der Waals surface area (Å²) in [4.78, 5) is 9.78. The fraction of sp³-hybridized carbons (Fsp3) is 0.125. The highest BCUT2D eigenvalue weighted by Gasteiger charge is 2.06. The second-order valence-electron chi connectivity index (χ2n) is 2.21. The van der Waals surface area contributed by atoms with Crippen LogP contribution in [-0.4, -0.2) is 10.0 Å². The molecule has 1 N–H and O–H groups in total. The predicted octanol–water partition coefficient (Wildman–Crippen LogP) is 1.70. The molecule has 0 atom stereocenters. The van der Waals surface area contributed by atoms with Crippen molar-refractivity contribution in [2.45, 2.75) is 6.42 Å². The molecule has 1 aliphatic carbocycles. The first-order chi connectivity index (χ1) is 5.70. The van der Waals surface area contributed by atoms with Crippen molar-refractivity contribution in [1.29, 1.82) is 0 Å². The number of rotatable bonds is 1. The van der Waals surface area contributed by atoms with Gasteiger partial charge >= 0.3 is 0 Å². The molecule has 0 saturated carbocycles. The summed E-state index contributed by atoms with van der Waals surface area (Å²) < 4.78 is 0. The van der Waals surface area contributed by atoms with Crippen molar-refractivity contribution in [3.63, 3.8) is 0 Å². The minimum Gasteiger partial charge on any atom is -0.508 e. The maximum absolute atomic E-state index is 10.3. The lowest BCUT2D eigenvalue weighted by atomic mass is 10.2. The van der Waals surface area contributed by atoms with E-state index < -0.39 is 4.92 Å². The van der Waals surface area contributed by atoms with Crippen molar-refractivity contribution in [1.82, 2.24) is 0 Å². The average Bonchev–Trinajstić information content (AvgIpc) is 1.95. The zero-order valence-corrected chi connectivity index (χ0v) is 6.23. The third-order valence-electron chi connectivity index (χ3n) is 1.32. The van der Waals surface area contributed by atoms with Crippen molar-refractivity contribution in [3.8, 4) is 0 Å².